The van der Waals surface area contributed by atoms with Gasteiger partial charge in [-0.25, -0.2) is 4.79 Å². The van der Waals surface area contributed by atoms with Gasteiger partial charge in [0, 0.05) is 11.6 Å². The summed E-state index contributed by atoms with van der Waals surface area (Å²) in [5.41, 5.74) is 3.91. The summed E-state index contributed by atoms with van der Waals surface area (Å²) in [4.78, 5) is 33.1. The van der Waals surface area contributed by atoms with Crippen LogP contribution in [-0.2, 0) is 4.74 Å². The zero-order valence-corrected chi connectivity index (χ0v) is 16.9. The molecule has 0 aromatic heterocycles. The van der Waals surface area contributed by atoms with Crippen LogP contribution in [0.3, 0.4) is 0 Å². The van der Waals surface area contributed by atoms with Crippen LogP contribution in [-0.4, -0.2) is 28.1 Å². The van der Waals surface area contributed by atoms with E-state index in [0.29, 0.717) is 16.8 Å². The third-order valence-corrected chi connectivity index (χ3v) is 4.43. The van der Waals surface area contributed by atoms with Crippen LogP contribution < -0.4 is 5.43 Å². The van der Waals surface area contributed by atoms with Crippen molar-refractivity contribution in [1.29, 1.82) is 0 Å². The fourth-order valence-electron chi connectivity index (χ4n) is 2.72. The fourth-order valence-corrected chi connectivity index (χ4v) is 2.72. The normalized spacial score (nSPS) is 11.0. The van der Waals surface area contributed by atoms with E-state index in [1.165, 1.54) is 6.07 Å². The summed E-state index contributed by atoms with van der Waals surface area (Å²) >= 11 is 0. The first-order valence-corrected chi connectivity index (χ1v) is 9.40. The second-order valence-electron chi connectivity index (χ2n) is 6.69. The van der Waals surface area contributed by atoms with Gasteiger partial charge in [-0.3, -0.25) is 25.7 Å². The molecule has 32 heavy (non-hydrogen) atoms. The molecule has 162 valence electrons. The van der Waals surface area contributed by atoms with Gasteiger partial charge >= 0.3 is 11.7 Å². The second kappa shape index (κ2) is 9.94. The zero-order valence-electron chi connectivity index (χ0n) is 16.9. The van der Waals surface area contributed by atoms with Crippen LogP contribution in [0.2, 0.25) is 0 Å². The van der Waals surface area contributed by atoms with Crippen molar-refractivity contribution in [3.63, 3.8) is 0 Å². The van der Waals surface area contributed by atoms with Crippen molar-refractivity contribution in [2.24, 2.45) is 5.10 Å². The number of nitrogens with one attached hydrogen (secondary N) is 1. The first-order chi connectivity index (χ1) is 15.3. The van der Waals surface area contributed by atoms with Crippen LogP contribution in [0, 0.1) is 27.2 Å². The summed E-state index contributed by atoms with van der Waals surface area (Å²) in [6.45, 7) is 1.70. The highest BCUT2D eigenvalue weighted by Gasteiger charge is 2.19. The van der Waals surface area contributed by atoms with Gasteiger partial charge in [-0.2, -0.15) is 5.10 Å². The molecule has 0 amide bonds. The Morgan fingerprint density at radius 2 is 1.62 bits per heavy atom. The molecule has 3 rings (SSSR count). The van der Waals surface area contributed by atoms with E-state index in [9.17, 15) is 25.0 Å². The van der Waals surface area contributed by atoms with Gasteiger partial charge < -0.3 is 4.74 Å². The lowest BCUT2D eigenvalue weighted by atomic mass is 10.1. The van der Waals surface area contributed by atoms with Crippen molar-refractivity contribution >= 4 is 28.7 Å². The van der Waals surface area contributed by atoms with Gasteiger partial charge in [0.05, 0.1) is 21.5 Å². The molecule has 0 radical (unpaired) electrons. The molecule has 0 saturated carbocycles. The van der Waals surface area contributed by atoms with Crippen LogP contribution >= 0.6 is 0 Å². The molecule has 10 heteroatoms. The number of nitro groups is 2. The van der Waals surface area contributed by atoms with Crippen LogP contribution in [0.5, 0.6) is 0 Å². The number of aryl methyl sites for hydroxylation is 1. The van der Waals surface area contributed by atoms with Crippen molar-refractivity contribution in [3.05, 3.63) is 110 Å². The Morgan fingerprint density at radius 3 is 2.25 bits per heavy atom. The van der Waals surface area contributed by atoms with E-state index in [4.69, 9.17) is 4.74 Å². The van der Waals surface area contributed by atoms with E-state index in [-0.39, 0.29) is 12.3 Å². The lowest BCUT2D eigenvalue weighted by Gasteiger charge is -2.10. The van der Waals surface area contributed by atoms with Gasteiger partial charge in [0.2, 0.25) is 0 Å². The average molecular weight is 434 g/mol. The Kier molecular flexibility index (Phi) is 6.86. The molecule has 0 unspecified atom stereocenters. The van der Waals surface area contributed by atoms with Gasteiger partial charge in [-0.1, -0.05) is 48.0 Å². The Morgan fingerprint density at radius 1 is 0.938 bits per heavy atom. The molecule has 0 spiro atoms. The maximum absolute atomic E-state index is 12.4. The number of non-ortho nitro benzene ring substituents is 1. The highest BCUT2D eigenvalue weighted by atomic mass is 16.6. The molecule has 0 fully saturated rings. The van der Waals surface area contributed by atoms with E-state index < -0.39 is 27.2 Å². The van der Waals surface area contributed by atoms with Crippen molar-refractivity contribution in [2.75, 3.05) is 12.0 Å². The maximum atomic E-state index is 12.4. The Balaban J connectivity index is 1.85. The molecule has 0 saturated heterocycles. The first-order valence-electron chi connectivity index (χ1n) is 9.40. The van der Waals surface area contributed by atoms with Crippen LogP contribution in [0.15, 0.2) is 77.9 Å². The summed E-state index contributed by atoms with van der Waals surface area (Å²) in [7, 11) is 0. The quantitative estimate of drug-likeness (QED) is 0.239. The summed E-state index contributed by atoms with van der Waals surface area (Å²) < 4.78 is 5.37. The van der Waals surface area contributed by atoms with E-state index in [0.717, 1.165) is 17.7 Å². The van der Waals surface area contributed by atoms with Gasteiger partial charge in [0.1, 0.15) is 18.0 Å². The minimum atomic E-state index is -0.746. The number of rotatable bonds is 8. The number of hydrogen-bond acceptors (Lipinski definition) is 8. The molecule has 0 heterocycles. The monoisotopic (exact) mass is 434 g/mol. The minimum Gasteiger partial charge on any atom is -0.455 e. The van der Waals surface area contributed by atoms with Gasteiger partial charge in [-0.15, -0.1) is 0 Å². The predicted molar refractivity (Wildman–Crippen MR) is 118 cm³/mol. The first kappa shape index (κ1) is 22.1. The SMILES string of the molecule is Cc1ccc(C(=O)OC/C(=N/Nc2ccc([N+](=O)[O-])cc2[N+](=O)[O-])c2ccccc2)cc1. The molecule has 0 bridgehead atoms. The lowest BCUT2D eigenvalue weighted by molar-refractivity contribution is -0.393. The highest BCUT2D eigenvalue weighted by Crippen LogP contribution is 2.29. The largest absolute Gasteiger partial charge is 0.455 e. The number of hydrazone groups is 1. The average Bonchev–Trinajstić information content (AvgIpc) is 2.79. The van der Waals surface area contributed by atoms with Crippen LogP contribution in [0.25, 0.3) is 0 Å². The molecule has 1 N–H and O–H groups in total. The van der Waals surface area contributed by atoms with E-state index in [2.05, 4.69) is 10.5 Å². The Labute approximate surface area is 182 Å². The number of carbonyl (C=O) groups is 1. The summed E-state index contributed by atoms with van der Waals surface area (Å²) in [6.07, 6.45) is 0. The molecule has 0 aliphatic rings. The summed E-state index contributed by atoms with van der Waals surface area (Å²) in [6, 6.07) is 18.9. The van der Waals surface area contributed by atoms with E-state index in [1.54, 1.807) is 54.6 Å². The molecule has 3 aromatic carbocycles. The number of anilines is 1. The zero-order chi connectivity index (χ0) is 23.1. The molecule has 0 atom stereocenters. The Hall–Kier alpha value is -4.60. The molecular formula is C22H18N4O6. The minimum absolute atomic E-state index is 0.0427. The number of hydrogen-bond donors (Lipinski definition) is 1. The lowest BCUT2D eigenvalue weighted by Crippen LogP contribution is -2.17. The number of carbonyl (C=O) groups excluding carboxylic acids is 1. The molecule has 10 nitrogen and oxygen atoms in total. The standard InChI is InChI=1S/C22H18N4O6/c1-15-7-9-17(10-8-15)22(27)32-14-20(16-5-3-2-4-6-16)24-23-19-12-11-18(25(28)29)13-21(19)26(30)31/h2-13,23H,14H2,1H3/b24-20-. The van der Waals surface area contributed by atoms with Crippen molar-refractivity contribution in [2.45, 2.75) is 6.92 Å². The predicted octanol–water partition coefficient (Wildman–Crippen LogP) is 4.48. The number of esters is 1. The Bertz CT molecular complexity index is 1180. The van der Waals surface area contributed by atoms with Crippen LogP contribution in [0.4, 0.5) is 17.1 Å². The smallest absolute Gasteiger partial charge is 0.338 e. The van der Waals surface area contributed by atoms with Gasteiger partial charge in [0.15, 0.2) is 0 Å². The van der Waals surface area contributed by atoms with Crippen molar-refractivity contribution in [3.8, 4) is 0 Å². The van der Waals surface area contributed by atoms with Crippen molar-refractivity contribution in [1.82, 2.24) is 0 Å². The number of nitro benzene ring substituents is 2. The van der Waals surface area contributed by atoms with Crippen LogP contribution in [0.1, 0.15) is 21.5 Å². The fraction of sp³-hybridized carbons (Fsp3) is 0.0909. The molecule has 0 aliphatic carbocycles. The summed E-state index contributed by atoms with van der Waals surface area (Å²) in [5, 5.41) is 26.4. The maximum Gasteiger partial charge on any atom is 0.338 e. The molecular weight excluding hydrogens is 416 g/mol. The third-order valence-electron chi connectivity index (χ3n) is 4.43. The summed E-state index contributed by atoms with van der Waals surface area (Å²) in [5.74, 6) is -0.546. The third kappa shape index (κ3) is 5.51. The number of benzene rings is 3. The highest BCUT2D eigenvalue weighted by molar-refractivity contribution is 6.03. The van der Waals surface area contributed by atoms with Gasteiger partial charge in [-0.05, 0) is 25.1 Å². The van der Waals surface area contributed by atoms with E-state index >= 15 is 0 Å². The number of nitrogens with zero attached hydrogens (tertiary/aromatic N) is 3. The van der Waals surface area contributed by atoms with E-state index in [1.807, 2.05) is 6.92 Å². The molecule has 3 aromatic rings. The van der Waals surface area contributed by atoms with Gasteiger partial charge in [0.25, 0.3) is 5.69 Å². The van der Waals surface area contributed by atoms with Crippen molar-refractivity contribution < 1.29 is 19.4 Å². The molecule has 0 aliphatic heterocycles. The topological polar surface area (TPSA) is 137 Å². The number of ether oxygens (including phenoxy) is 1. The second-order valence-corrected chi connectivity index (χ2v) is 6.69.